The molecule has 0 spiro atoms. The van der Waals surface area contributed by atoms with E-state index in [-0.39, 0.29) is 5.60 Å². The van der Waals surface area contributed by atoms with Gasteiger partial charge in [0.05, 0.1) is 6.20 Å². The molecule has 1 fully saturated rings. The molecule has 2 heterocycles. The third-order valence-corrected chi connectivity index (χ3v) is 2.85. The zero-order valence-corrected chi connectivity index (χ0v) is 9.16. The lowest BCUT2D eigenvalue weighted by atomic mass is 10.0. The smallest absolute Gasteiger partial charge is 0.226 e. The first kappa shape index (κ1) is 10.6. The monoisotopic (exact) mass is 210 g/mol. The van der Waals surface area contributed by atoms with Gasteiger partial charge in [0.1, 0.15) is 11.4 Å². The number of nitrogens with zero attached hydrogens (tertiary/aromatic N) is 1. The summed E-state index contributed by atoms with van der Waals surface area (Å²) >= 11 is 0. The van der Waals surface area contributed by atoms with Crippen LogP contribution >= 0.6 is 0 Å². The Kier molecular flexibility index (Phi) is 3.07. The maximum atomic E-state index is 5.68. The van der Waals surface area contributed by atoms with Crippen LogP contribution in [0.2, 0.25) is 0 Å². The van der Waals surface area contributed by atoms with E-state index in [4.69, 9.17) is 14.9 Å². The van der Waals surface area contributed by atoms with Crippen LogP contribution < -0.4 is 5.73 Å². The number of nitrogens with two attached hydrogens (primary N) is 1. The van der Waals surface area contributed by atoms with Gasteiger partial charge in [-0.1, -0.05) is 0 Å². The standard InChI is InChI=1S/C11H18N2O2/c1-11(5-3-7-14-11)10-13-8-9(15-10)4-2-6-12/h8H,2-7,12H2,1H3. The molecule has 1 atom stereocenters. The molecule has 2 rings (SSSR count). The van der Waals surface area contributed by atoms with Crippen molar-refractivity contribution in [2.45, 2.75) is 38.2 Å². The Hall–Kier alpha value is -0.870. The van der Waals surface area contributed by atoms with Crippen molar-refractivity contribution in [3.05, 3.63) is 17.8 Å². The summed E-state index contributed by atoms with van der Waals surface area (Å²) in [5.74, 6) is 1.62. The molecule has 1 aromatic heterocycles. The van der Waals surface area contributed by atoms with Crippen LogP contribution in [-0.2, 0) is 16.8 Å². The molecule has 1 unspecified atom stereocenters. The molecule has 15 heavy (non-hydrogen) atoms. The van der Waals surface area contributed by atoms with Crippen molar-refractivity contribution in [3.8, 4) is 0 Å². The number of hydrogen-bond donors (Lipinski definition) is 1. The highest BCUT2D eigenvalue weighted by Crippen LogP contribution is 2.34. The minimum atomic E-state index is -0.305. The summed E-state index contributed by atoms with van der Waals surface area (Å²) < 4.78 is 11.3. The van der Waals surface area contributed by atoms with E-state index < -0.39 is 0 Å². The molecule has 1 aliphatic rings. The molecule has 2 N–H and O–H groups in total. The Morgan fingerprint density at radius 2 is 2.47 bits per heavy atom. The maximum absolute atomic E-state index is 5.68. The fourth-order valence-electron chi connectivity index (χ4n) is 1.89. The van der Waals surface area contributed by atoms with Crippen LogP contribution in [0.3, 0.4) is 0 Å². The second-order valence-electron chi connectivity index (χ2n) is 4.21. The lowest BCUT2D eigenvalue weighted by Gasteiger charge is -2.18. The molecule has 0 aliphatic carbocycles. The van der Waals surface area contributed by atoms with Crippen LogP contribution in [-0.4, -0.2) is 18.1 Å². The van der Waals surface area contributed by atoms with Gasteiger partial charge in [-0.05, 0) is 32.7 Å². The minimum absolute atomic E-state index is 0.305. The Balaban J connectivity index is 2.05. The normalized spacial score (nSPS) is 26.0. The summed E-state index contributed by atoms with van der Waals surface area (Å²) in [5, 5.41) is 0. The molecule has 84 valence electrons. The van der Waals surface area contributed by atoms with Gasteiger partial charge in [-0.15, -0.1) is 0 Å². The van der Waals surface area contributed by atoms with Crippen LogP contribution in [0.15, 0.2) is 10.6 Å². The summed E-state index contributed by atoms with van der Waals surface area (Å²) in [6.07, 6.45) is 5.66. The van der Waals surface area contributed by atoms with Gasteiger partial charge in [0.25, 0.3) is 0 Å². The predicted molar refractivity (Wildman–Crippen MR) is 56.4 cm³/mol. The molecule has 0 aromatic carbocycles. The van der Waals surface area contributed by atoms with Crippen LogP contribution in [0.5, 0.6) is 0 Å². The molecule has 4 heteroatoms. The van der Waals surface area contributed by atoms with Gasteiger partial charge >= 0.3 is 0 Å². The number of ether oxygens (including phenoxy) is 1. The van der Waals surface area contributed by atoms with E-state index in [1.807, 2.05) is 6.92 Å². The largest absolute Gasteiger partial charge is 0.443 e. The fourth-order valence-corrected chi connectivity index (χ4v) is 1.89. The van der Waals surface area contributed by atoms with E-state index >= 15 is 0 Å². The Morgan fingerprint density at radius 3 is 3.13 bits per heavy atom. The van der Waals surface area contributed by atoms with Crippen molar-refractivity contribution in [3.63, 3.8) is 0 Å². The Labute approximate surface area is 89.8 Å². The Bertz CT molecular complexity index is 316. The van der Waals surface area contributed by atoms with Gasteiger partial charge in [-0.2, -0.15) is 0 Å². The molecule has 1 aliphatic heterocycles. The van der Waals surface area contributed by atoms with Crippen LogP contribution in [0.4, 0.5) is 0 Å². The second kappa shape index (κ2) is 4.33. The predicted octanol–water partition coefficient (Wildman–Crippen LogP) is 1.59. The van der Waals surface area contributed by atoms with Crippen molar-refractivity contribution in [2.75, 3.05) is 13.2 Å². The molecule has 0 saturated carbocycles. The maximum Gasteiger partial charge on any atom is 0.226 e. The molecule has 4 nitrogen and oxygen atoms in total. The summed E-state index contributed by atoms with van der Waals surface area (Å²) in [6, 6.07) is 0. The third-order valence-electron chi connectivity index (χ3n) is 2.85. The van der Waals surface area contributed by atoms with Crippen molar-refractivity contribution in [1.82, 2.24) is 4.98 Å². The first-order chi connectivity index (χ1) is 7.24. The van der Waals surface area contributed by atoms with E-state index in [1.54, 1.807) is 6.20 Å². The highest BCUT2D eigenvalue weighted by molar-refractivity contribution is 5.03. The van der Waals surface area contributed by atoms with Gasteiger partial charge < -0.3 is 14.9 Å². The second-order valence-corrected chi connectivity index (χ2v) is 4.21. The van der Waals surface area contributed by atoms with Gasteiger partial charge in [-0.3, -0.25) is 0 Å². The number of hydrogen-bond acceptors (Lipinski definition) is 4. The molecule has 0 radical (unpaired) electrons. The van der Waals surface area contributed by atoms with Gasteiger partial charge in [0, 0.05) is 13.0 Å². The van der Waals surface area contributed by atoms with E-state index in [0.717, 1.165) is 38.1 Å². The summed E-state index contributed by atoms with van der Waals surface area (Å²) in [6.45, 7) is 3.53. The van der Waals surface area contributed by atoms with Crippen LogP contribution in [0.25, 0.3) is 0 Å². The van der Waals surface area contributed by atoms with Crippen LogP contribution in [0.1, 0.15) is 37.8 Å². The summed E-state index contributed by atoms with van der Waals surface area (Å²) in [5.41, 5.74) is 5.14. The molecular weight excluding hydrogens is 192 g/mol. The SMILES string of the molecule is CC1(c2ncc(CCCN)o2)CCCO1. The van der Waals surface area contributed by atoms with Gasteiger partial charge in [-0.25, -0.2) is 4.98 Å². The lowest BCUT2D eigenvalue weighted by molar-refractivity contribution is -0.00604. The average Bonchev–Trinajstić information content (AvgIpc) is 2.84. The third kappa shape index (κ3) is 2.21. The highest BCUT2D eigenvalue weighted by Gasteiger charge is 2.36. The molecular formula is C11H18N2O2. The Morgan fingerprint density at radius 1 is 1.60 bits per heavy atom. The highest BCUT2D eigenvalue weighted by atomic mass is 16.5. The number of oxazole rings is 1. The van der Waals surface area contributed by atoms with Gasteiger partial charge in [0.15, 0.2) is 0 Å². The molecule has 1 aromatic rings. The number of rotatable bonds is 4. The van der Waals surface area contributed by atoms with E-state index in [1.165, 1.54) is 0 Å². The van der Waals surface area contributed by atoms with Crippen molar-refractivity contribution >= 4 is 0 Å². The average molecular weight is 210 g/mol. The van der Waals surface area contributed by atoms with Crippen LogP contribution in [0, 0.1) is 0 Å². The first-order valence-corrected chi connectivity index (χ1v) is 5.54. The van der Waals surface area contributed by atoms with E-state index in [9.17, 15) is 0 Å². The zero-order chi connectivity index (χ0) is 10.7. The van der Waals surface area contributed by atoms with E-state index in [2.05, 4.69) is 4.98 Å². The first-order valence-electron chi connectivity index (χ1n) is 5.54. The molecule has 0 amide bonds. The topological polar surface area (TPSA) is 61.3 Å². The van der Waals surface area contributed by atoms with Crippen molar-refractivity contribution in [1.29, 1.82) is 0 Å². The summed E-state index contributed by atoms with van der Waals surface area (Å²) in [4.78, 5) is 4.29. The minimum Gasteiger partial charge on any atom is -0.443 e. The quantitative estimate of drug-likeness (QED) is 0.819. The fraction of sp³-hybridized carbons (Fsp3) is 0.727. The lowest BCUT2D eigenvalue weighted by Crippen LogP contribution is -2.20. The van der Waals surface area contributed by atoms with Gasteiger partial charge in [0.2, 0.25) is 5.89 Å². The number of aromatic nitrogens is 1. The van der Waals surface area contributed by atoms with Crippen molar-refractivity contribution < 1.29 is 9.15 Å². The molecule has 1 saturated heterocycles. The summed E-state index contributed by atoms with van der Waals surface area (Å²) in [7, 11) is 0. The number of aryl methyl sites for hydroxylation is 1. The molecule has 0 bridgehead atoms. The van der Waals surface area contributed by atoms with E-state index in [0.29, 0.717) is 12.4 Å². The van der Waals surface area contributed by atoms with Crippen molar-refractivity contribution in [2.24, 2.45) is 5.73 Å². The zero-order valence-electron chi connectivity index (χ0n) is 9.16.